The Labute approximate surface area is 167 Å². The van der Waals surface area contributed by atoms with Gasteiger partial charge in [0, 0.05) is 35.7 Å². The van der Waals surface area contributed by atoms with E-state index < -0.39 is 0 Å². The van der Waals surface area contributed by atoms with Crippen LogP contribution in [0.2, 0.25) is 0 Å². The van der Waals surface area contributed by atoms with Crippen LogP contribution in [0.4, 0.5) is 5.69 Å². The number of carbonyl (C=O) groups is 3. The van der Waals surface area contributed by atoms with E-state index in [9.17, 15) is 14.4 Å². The van der Waals surface area contributed by atoms with Gasteiger partial charge in [-0.3, -0.25) is 14.4 Å². The monoisotopic (exact) mass is 384 g/mol. The molecule has 152 valence electrons. The predicted molar refractivity (Wildman–Crippen MR) is 110 cm³/mol. The van der Waals surface area contributed by atoms with Crippen molar-refractivity contribution in [2.24, 2.45) is 11.8 Å². The second-order valence-electron chi connectivity index (χ2n) is 8.26. The third-order valence-electron chi connectivity index (χ3n) is 6.37. The van der Waals surface area contributed by atoms with Crippen molar-refractivity contribution >= 4 is 23.3 Å². The lowest BCUT2D eigenvalue weighted by atomic mass is 9.80. The lowest BCUT2D eigenvalue weighted by Crippen LogP contribution is -2.47. The number of nitrogens with zero attached hydrogens (tertiary/aromatic N) is 1. The summed E-state index contributed by atoms with van der Waals surface area (Å²) in [6.07, 6.45) is 7.56. The van der Waals surface area contributed by atoms with Gasteiger partial charge >= 0.3 is 0 Å². The lowest BCUT2D eigenvalue weighted by molar-refractivity contribution is -0.141. The average molecular weight is 385 g/mol. The Balaban J connectivity index is 1.53. The summed E-state index contributed by atoms with van der Waals surface area (Å²) >= 11 is 0. The first-order valence-corrected chi connectivity index (χ1v) is 10.7. The molecule has 28 heavy (non-hydrogen) atoms. The number of anilines is 1. The van der Waals surface area contributed by atoms with Crippen LogP contribution in [0.25, 0.3) is 0 Å². The van der Waals surface area contributed by atoms with Crippen molar-refractivity contribution in [1.82, 2.24) is 4.90 Å². The fourth-order valence-electron chi connectivity index (χ4n) is 4.61. The van der Waals surface area contributed by atoms with Crippen molar-refractivity contribution < 1.29 is 14.4 Å². The molecule has 2 aliphatic rings. The highest BCUT2D eigenvalue weighted by molar-refractivity contribution is 5.97. The van der Waals surface area contributed by atoms with Crippen LogP contribution in [0.15, 0.2) is 24.3 Å². The fraction of sp³-hybridized carbons (Fsp3) is 0.609. The average Bonchev–Trinajstić information content (AvgIpc) is 2.73. The third-order valence-corrected chi connectivity index (χ3v) is 6.37. The first-order valence-electron chi connectivity index (χ1n) is 10.7. The molecule has 1 heterocycles. The standard InChI is InChI=1S/C23H32N2O3/c1-3-21-9-4-5-14-25(21)23(28)18-12-10-17(11-13-18)22(27)24-20-8-6-7-19(15-20)16(2)26/h6-8,15,17-18,21H,3-5,9-14H2,1-2H3,(H,24,27). The maximum absolute atomic E-state index is 13.0. The van der Waals surface area contributed by atoms with Gasteiger partial charge < -0.3 is 10.2 Å². The zero-order valence-corrected chi connectivity index (χ0v) is 17.1. The Hall–Kier alpha value is -2.17. The molecular formula is C23H32N2O3. The van der Waals surface area contributed by atoms with E-state index >= 15 is 0 Å². The molecule has 0 aromatic heterocycles. The Bertz CT molecular complexity index is 722. The second kappa shape index (κ2) is 9.35. The van der Waals surface area contributed by atoms with Crippen LogP contribution in [-0.4, -0.2) is 35.1 Å². The van der Waals surface area contributed by atoms with E-state index in [0.717, 1.165) is 51.5 Å². The van der Waals surface area contributed by atoms with Crippen LogP contribution < -0.4 is 5.32 Å². The summed E-state index contributed by atoms with van der Waals surface area (Å²) in [5, 5.41) is 2.94. The van der Waals surface area contributed by atoms with Crippen molar-refractivity contribution in [3.63, 3.8) is 0 Å². The van der Waals surface area contributed by atoms with Gasteiger partial charge in [-0.1, -0.05) is 19.1 Å². The van der Waals surface area contributed by atoms with Crippen LogP contribution in [-0.2, 0) is 9.59 Å². The molecule has 2 amide bonds. The molecule has 0 bridgehead atoms. The normalized spacial score (nSPS) is 25.2. The SMILES string of the molecule is CCC1CCCCN1C(=O)C1CCC(C(=O)Nc2cccc(C(C)=O)c2)CC1. The Morgan fingerprint density at radius 2 is 1.75 bits per heavy atom. The second-order valence-corrected chi connectivity index (χ2v) is 8.26. The van der Waals surface area contributed by atoms with Crippen LogP contribution in [0.1, 0.15) is 75.6 Å². The van der Waals surface area contributed by atoms with Crippen molar-refractivity contribution in [2.45, 2.75) is 71.3 Å². The van der Waals surface area contributed by atoms with E-state index in [1.165, 1.54) is 13.3 Å². The summed E-state index contributed by atoms with van der Waals surface area (Å²) in [4.78, 5) is 39.2. The number of nitrogens with one attached hydrogen (secondary N) is 1. The van der Waals surface area contributed by atoms with E-state index in [1.54, 1.807) is 24.3 Å². The molecule has 3 rings (SSSR count). The van der Waals surface area contributed by atoms with Crippen LogP contribution in [0.3, 0.4) is 0 Å². The molecule has 1 N–H and O–H groups in total. The molecule has 1 aromatic carbocycles. The van der Waals surface area contributed by atoms with Crippen molar-refractivity contribution in [1.29, 1.82) is 0 Å². The van der Waals surface area contributed by atoms with Crippen molar-refractivity contribution in [3.05, 3.63) is 29.8 Å². The highest BCUT2D eigenvalue weighted by Crippen LogP contribution is 2.33. The summed E-state index contributed by atoms with van der Waals surface area (Å²) in [7, 11) is 0. The van der Waals surface area contributed by atoms with Gasteiger partial charge in [-0.15, -0.1) is 0 Å². The number of ketones is 1. The quantitative estimate of drug-likeness (QED) is 0.764. The summed E-state index contributed by atoms with van der Waals surface area (Å²) in [5.74, 6) is 0.291. The number of Topliss-reactive ketones (excluding diaryl/α,β-unsaturated/α-hetero) is 1. The number of hydrogen-bond acceptors (Lipinski definition) is 3. The lowest BCUT2D eigenvalue weighted by Gasteiger charge is -2.39. The van der Waals surface area contributed by atoms with Crippen LogP contribution >= 0.6 is 0 Å². The molecule has 5 heteroatoms. The number of carbonyl (C=O) groups excluding carboxylic acids is 3. The molecule has 1 unspecified atom stereocenters. The van der Waals surface area contributed by atoms with E-state index in [2.05, 4.69) is 17.1 Å². The first-order chi connectivity index (χ1) is 13.5. The Morgan fingerprint density at radius 1 is 1.04 bits per heavy atom. The first kappa shape index (κ1) is 20.6. The van der Waals surface area contributed by atoms with Crippen molar-refractivity contribution in [2.75, 3.05) is 11.9 Å². The third kappa shape index (κ3) is 4.81. The highest BCUT2D eigenvalue weighted by atomic mass is 16.2. The van der Waals surface area contributed by atoms with E-state index in [1.807, 2.05) is 0 Å². The summed E-state index contributed by atoms with van der Waals surface area (Å²) in [5.41, 5.74) is 1.26. The Kier molecular flexibility index (Phi) is 6.87. The Morgan fingerprint density at radius 3 is 2.43 bits per heavy atom. The van der Waals surface area contributed by atoms with E-state index in [-0.39, 0.29) is 23.5 Å². The molecule has 1 aromatic rings. The maximum atomic E-state index is 13.0. The summed E-state index contributed by atoms with van der Waals surface area (Å²) in [6, 6.07) is 7.46. The number of hydrogen-bond donors (Lipinski definition) is 1. The number of likely N-dealkylation sites (tertiary alicyclic amines) is 1. The zero-order valence-electron chi connectivity index (χ0n) is 17.1. The van der Waals surface area contributed by atoms with Gasteiger partial charge in [-0.05, 0) is 70.4 Å². The number of benzene rings is 1. The molecule has 1 saturated carbocycles. The zero-order chi connectivity index (χ0) is 20.1. The molecule has 1 atom stereocenters. The minimum absolute atomic E-state index is 0.00370. The van der Waals surface area contributed by atoms with Crippen LogP contribution in [0, 0.1) is 11.8 Å². The molecule has 0 spiro atoms. The topological polar surface area (TPSA) is 66.5 Å². The van der Waals surface area contributed by atoms with Gasteiger partial charge in [0.05, 0.1) is 0 Å². The summed E-state index contributed by atoms with van der Waals surface area (Å²) in [6.45, 7) is 4.58. The molecule has 5 nitrogen and oxygen atoms in total. The fourth-order valence-corrected chi connectivity index (χ4v) is 4.61. The van der Waals surface area contributed by atoms with Crippen molar-refractivity contribution in [3.8, 4) is 0 Å². The van der Waals surface area contributed by atoms with Gasteiger partial charge in [-0.25, -0.2) is 0 Å². The molecular weight excluding hydrogens is 352 g/mol. The molecule has 1 aliphatic heterocycles. The molecule has 1 saturated heterocycles. The predicted octanol–water partition coefficient (Wildman–Crippen LogP) is 4.43. The smallest absolute Gasteiger partial charge is 0.227 e. The molecule has 2 fully saturated rings. The number of amides is 2. The molecule has 1 aliphatic carbocycles. The number of rotatable bonds is 5. The van der Waals surface area contributed by atoms with Gasteiger partial charge in [0.2, 0.25) is 11.8 Å². The van der Waals surface area contributed by atoms with Crippen LogP contribution in [0.5, 0.6) is 0 Å². The highest BCUT2D eigenvalue weighted by Gasteiger charge is 2.34. The van der Waals surface area contributed by atoms with E-state index in [0.29, 0.717) is 23.2 Å². The number of piperidine rings is 1. The minimum atomic E-state index is -0.0617. The summed E-state index contributed by atoms with van der Waals surface area (Å²) < 4.78 is 0. The molecule has 0 radical (unpaired) electrons. The van der Waals surface area contributed by atoms with Gasteiger partial charge in [0.1, 0.15) is 0 Å². The van der Waals surface area contributed by atoms with Gasteiger partial charge in [0.15, 0.2) is 5.78 Å². The minimum Gasteiger partial charge on any atom is -0.339 e. The van der Waals surface area contributed by atoms with Gasteiger partial charge in [-0.2, -0.15) is 0 Å². The van der Waals surface area contributed by atoms with Gasteiger partial charge in [0.25, 0.3) is 0 Å². The maximum Gasteiger partial charge on any atom is 0.227 e. The van der Waals surface area contributed by atoms with E-state index in [4.69, 9.17) is 0 Å². The largest absolute Gasteiger partial charge is 0.339 e.